The summed E-state index contributed by atoms with van der Waals surface area (Å²) in [4.78, 5) is 23.4. The lowest BCUT2D eigenvalue weighted by atomic mass is 10.2. The summed E-state index contributed by atoms with van der Waals surface area (Å²) in [5, 5.41) is 6.76. The maximum absolute atomic E-state index is 12.3. The normalized spacial score (nSPS) is 12.2. The third kappa shape index (κ3) is 4.28. The minimum Gasteiger partial charge on any atom is -0.454 e. The van der Waals surface area contributed by atoms with Crippen molar-refractivity contribution in [3.05, 3.63) is 71.0 Å². The molecule has 2 amide bonds. The van der Waals surface area contributed by atoms with Crippen LogP contribution in [0, 0.1) is 13.8 Å². The van der Waals surface area contributed by atoms with Gasteiger partial charge in [-0.25, -0.2) is 5.43 Å². The summed E-state index contributed by atoms with van der Waals surface area (Å²) in [6.45, 7) is 5.65. The van der Waals surface area contributed by atoms with Gasteiger partial charge in [0.1, 0.15) is 0 Å². The summed E-state index contributed by atoms with van der Waals surface area (Å²) in [5.41, 5.74) is 7.46. The van der Waals surface area contributed by atoms with E-state index in [4.69, 9.17) is 9.47 Å². The summed E-state index contributed by atoms with van der Waals surface area (Å²) in [6.07, 6.45) is 1.62. The highest BCUT2D eigenvalue weighted by Crippen LogP contribution is 2.34. The first-order valence-corrected chi connectivity index (χ1v) is 9.72. The van der Waals surface area contributed by atoms with Crippen molar-refractivity contribution in [1.29, 1.82) is 0 Å². The van der Waals surface area contributed by atoms with Gasteiger partial charge < -0.3 is 19.4 Å². The molecule has 158 valence electrons. The molecule has 1 aliphatic rings. The second kappa shape index (κ2) is 8.35. The number of aromatic nitrogens is 1. The summed E-state index contributed by atoms with van der Waals surface area (Å²) in [7, 11) is 0. The fraction of sp³-hybridized carbons (Fsp3) is 0.174. The zero-order valence-electron chi connectivity index (χ0n) is 17.4. The van der Waals surface area contributed by atoms with E-state index in [-0.39, 0.29) is 18.6 Å². The van der Waals surface area contributed by atoms with Gasteiger partial charge >= 0.3 is 0 Å². The monoisotopic (exact) mass is 418 g/mol. The fourth-order valence-corrected chi connectivity index (χ4v) is 3.47. The molecule has 1 aromatic heterocycles. The van der Waals surface area contributed by atoms with Gasteiger partial charge in [0.2, 0.25) is 12.7 Å². The molecule has 8 heteroatoms. The number of ether oxygens (including phenoxy) is 2. The molecule has 2 aromatic carbocycles. The van der Waals surface area contributed by atoms with Crippen LogP contribution in [0.5, 0.6) is 11.5 Å². The van der Waals surface area contributed by atoms with Crippen molar-refractivity contribution in [2.45, 2.75) is 20.8 Å². The molecule has 0 saturated heterocycles. The Morgan fingerprint density at radius 1 is 1.03 bits per heavy atom. The highest BCUT2D eigenvalue weighted by molar-refractivity contribution is 5.96. The van der Waals surface area contributed by atoms with Crippen LogP contribution in [0.3, 0.4) is 0 Å². The number of carbonyl (C=O) groups excluding carboxylic acids is 2. The minimum absolute atomic E-state index is 0.167. The molecule has 4 rings (SSSR count). The first kappa shape index (κ1) is 20.2. The number of aryl methyl sites for hydroxylation is 1. The van der Waals surface area contributed by atoms with Gasteiger partial charge in [0.25, 0.3) is 5.91 Å². The SMILES string of the molecule is CC(=O)Nc1ccc(C(=O)NN=Cc2cc(C)n(-c3ccc4c(c3)OCO4)c2C)cc1. The topological polar surface area (TPSA) is 94.0 Å². The molecule has 31 heavy (non-hydrogen) atoms. The third-order valence-electron chi connectivity index (χ3n) is 4.92. The van der Waals surface area contributed by atoms with Crippen molar-refractivity contribution in [1.82, 2.24) is 9.99 Å². The molecule has 3 aromatic rings. The first-order valence-electron chi connectivity index (χ1n) is 9.72. The van der Waals surface area contributed by atoms with E-state index in [1.807, 2.05) is 38.1 Å². The molecule has 0 saturated carbocycles. The van der Waals surface area contributed by atoms with Gasteiger partial charge in [0, 0.05) is 46.9 Å². The van der Waals surface area contributed by atoms with Crippen molar-refractivity contribution in [3.63, 3.8) is 0 Å². The average Bonchev–Trinajstić information content (AvgIpc) is 3.31. The first-order chi connectivity index (χ1) is 14.9. The lowest BCUT2D eigenvalue weighted by Gasteiger charge is -2.10. The maximum atomic E-state index is 12.3. The number of nitrogens with zero attached hydrogens (tertiary/aromatic N) is 2. The molecule has 0 radical (unpaired) electrons. The maximum Gasteiger partial charge on any atom is 0.271 e. The molecule has 0 unspecified atom stereocenters. The molecule has 8 nitrogen and oxygen atoms in total. The molecule has 0 bridgehead atoms. The standard InChI is InChI=1S/C23H22N4O4/c1-14-10-18(15(2)27(14)20-8-9-21-22(11-20)31-13-30-21)12-24-26-23(29)17-4-6-19(7-5-17)25-16(3)28/h4-12H,13H2,1-3H3,(H,25,28)(H,26,29). The summed E-state index contributed by atoms with van der Waals surface area (Å²) < 4.78 is 12.9. The highest BCUT2D eigenvalue weighted by atomic mass is 16.7. The van der Waals surface area contributed by atoms with E-state index in [0.29, 0.717) is 11.3 Å². The Bertz CT molecular complexity index is 1180. The van der Waals surface area contributed by atoms with E-state index < -0.39 is 0 Å². The fourth-order valence-electron chi connectivity index (χ4n) is 3.47. The number of rotatable bonds is 5. The van der Waals surface area contributed by atoms with Gasteiger partial charge in [-0.1, -0.05) is 0 Å². The molecular weight excluding hydrogens is 396 g/mol. The van der Waals surface area contributed by atoms with Gasteiger partial charge in [0.15, 0.2) is 11.5 Å². The van der Waals surface area contributed by atoms with Crippen molar-refractivity contribution < 1.29 is 19.1 Å². The van der Waals surface area contributed by atoms with Gasteiger partial charge in [-0.05, 0) is 56.3 Å². The largest absolute Gasteiger partial charge is 0.454 e. The van der Waals surface area contributed by atoms with Crippen molar-refractivity contribution in [2.24, 2.45) is 5.10 Å². The van der Waals surface area contributed by atoms with Crippen molar-refractivity contribution in [2.75, 3.05) is 12.1 Å². The molecule has 0 atom stereocenters. The highest BCUT2D eigenvalue weighted by Gasteiger charge is 2.16. The third-order valence-corrected chi connectivity index (χ3v) is 4.92. The number of hydrogen-bond acceptors (Lipinski definition) is 5. The molecule has 0 spiro atoms. The Kier molecular flexibility index (Phi) is 5.44. The predicted molar refractivity (Wildman–Crippen MR) is 117 cm³/mol. The number of benzene rings is 2. The van der Waals surface area contributed by atoms with Gasteiger partial charge in [-0.2, -0.15) is 5.10 Å². The molecule has 1 aliphatic heterocycles. The quantitative estimate of drug-likeness (QED) is 0.489. The molecule has 0 aliphatic carbocycles. The minimum atomic E-state index is -0.338. The van der Waals surface area contributed by atoms with E-state index >= 15 is 0 Å². The van der Waals surface area contributed by atoms with Crippen molar-refractivity contribution in [3.8, 4) is 17.2 Å². The van der Waals surface area contributed by atoms with Crippen LogP contribution < -0.4 is 20.2 Å². The average molecular weight is 418 g/mol. The van der Waals surface area contributed by atoms with Crippen LogP contribution in [0.15, 0.2) is 53.6 Å². The zero-order valence-corrected chi connectivity index (χ0v) is 17.4. The van der Waals surface area contributed by atoms with Gasteiger partial charge in [-0.15, -0.1) is 0 Å². The van der Waals surface area contributed by atoms with Crippen LogP contribution in [0.2, 0.25) is 0 Å². The Balaban J connectivity index is 1.47. The number of fused-ring (bicyclic) bond motifs is 1. The number of nitrogens with one attached hydrogen (secondary N) is 2. The van der Waals surface area contributed by atoms with Crippen LogP contribution in [0.1, 0.15) is 34.2 Å². The smallest absolute Gasteiger partial charge is 0.271 e. The van der Waals surface area contributed by atoms with E-state index in [1.54, 1.807) is 30.5 Å². The zero-order chi connectivity index (χ0) is 22.0. The predicted octanol–water partition coefficient (Wildman–Crippen LogP) is 3.55. The van der Waals surface area contributed by atoms with Crippen LogP contribution in [0.4, 0.5) is 5.69 Å². The number of anilines is 1. The summed E-state index contributed by atoms with van der Waals surface area (Å²) in [6, 6.07) is 14.4. The molecule has 2 N–H and O–H groups in total. The Morgan fingerprint density at radius 2 is 1.77 bits per heavy atom. The molecule has 0 fully saturated rings. The van der Waals surface area contributed by atoms with E-state index in [2.05, 4.69) is 20.4 Å². The van der Waals surface area contributed by atoms with E-state index in [9.17, 15) is 9.59 Å². The van der Waals surface area contributed by atoms with E-state index in [1.165, 1.54) is 6.92 Å². The molecular formula is C23H22N4O4. The van der Waals surface area contributed by atoms with Crippen LogP contribution >= 0.6 is 0 Å². The number of hydrogen-bond donors (Lipinski definition) is 2. The summed E-state index contributed by atoms with van der Waals surface area (Å²) in [5.74, 6) is 0.952. The second-order valence-corrected chi connectivity index (χ2v) is 7.16. The Labute approximate surface area is 179 Å². The van der Waals surface area contributed by atoms with Gasteiger partial charge in [0.05, 0.1) is 6.21 Å². The van der Waals surface area contributed by atoms with E-state index in [0.717, 1.165) is 34.1 Å². The van der Waals surface area contributed by atoms with Crippen LogP contribution in [-0.2, 0) is 4.79 Å². The summed E-state index contributed by atoms with van der Waals surface area (Å²) >= 11 is 0. The Hall–Kier alpha value is -4.07. The number of amides is 2. The van der Waals surface area contributed by atoms with Gasteiger partial charge in [-0.3, -0.25) is 9.59 Å². The molecule has 2 heterocycles. The van der Waals surface area contributed by atoms with Crippen LogP contribution in [-0.4, -0.2) is 29.4 Å². The number of carbonyl (C=O) groups is 2. The Morgan fingerprint density at radius 3 is 2.52 bits per heavy atom. The lowest BCUT2D eigenvalue weighted by Crippen LogP contribution is -2.17. The number of hydrazone groups is 1. The van der Waals surface area contributed by atoms with Crippen molar-refractivity contribution >= 4 is 23.7 Å². The second-order valence-electron chi connectivity index (χ2n) is 7.16. The van der Waals surface area contributed by atoms with Crippen LogP contribution in [0.25, 0.3) is 5.69 Å². The lowest BCUT2D eigenvalue weighted by molar-refractivity contribution is -0.114.